The largest absolute Gasteiger partial charge is 0.486 e. The Morgan fingerprint density at radius 1 is 1.03 bits per heavy atom. The molecule has 0 fully saturated rings. The monoisotopic (exact) mass is 487 g/mol. The fourth-order valence-electron chi connectivity index (χ4n) is 3.70. The number of hydrogen-bond acceptors (Lipinski definition) is 6. The standard InChI is InChI=1S/C26H18ClN3O5/c27-21-9-6-17(14-22(21)30(32)33)23(31)10-7-19-16-29(20-4-2-1-3-5-20)28-26(19)18-8-11-24-25(15-18)35-13-12-34-24/h1-11,14-16H,12-13H2/b10-7+. The van der Waals surface area contributed by atoms with Crippen molar-refractivity contribution in [3.63, 3.8) is 0 Å². The molecule has 0 bridgehead atoms. The summed E-state index contributed by atoms with van der Waals surface area (Å²) < 4.78 is 13.1. The lowest BCUT2D eigenvalue weighted by atomic mass is 10.1. The molecule has 35 heavy (non-hydrogen) atoms. The van der Waals surface area contributed by atoms with E-state index in [0.717, 1.165) is 11.3 Å². The number of allylic oxidation sites excluding steroid dienone is 1. The van der Waals surface area contributed by atoms with Crippen LogP contribution >= 0.6 is 11.6 Å². The molecule has 1 aromatic heterocycles. The highest BCUT2D eigenvalue weighted by molar-refractivity contribution is 6.32. The van der Waals surface area contributed by atoms with Crippen molar-refractivity contribution < 1.29 is 19.2 Å². The fraction of sp³-hybridized carbons (Fsp3) is 0.0769. The van der Waals surface area contributed by atoms with Gasteiger partial charge in [-0.3, -0.25) is 14.9 Å². The summed E-state index contributed by atoms with van der Waals surface area (Å²) in [4.78, 5) is 23.4. The molecule has 8 nitrogen and oxygen atoms in total. The number of carbonyl (C=O) groups excluding carboxylic acids is 1. The van der Waals surface area contributed by atoms with E-state index in [1.54, 1.807) is 10.8 Å². The average Bonchev–Trinajstić information content (AvgIpc) is 3.32. The Hall–Kier alpha value is -4.43. The van der Waals surface area contributed by atoms with Gasteiger partial charge < -0.3 is 9.47 Å². The fourth-order valence-corrected chi connectivity index (χ4v) is 3.89. The van der Waals surface area contributed by atoms with Crippen LogP contribution in [0.4, 0.5) is 5.69 Å². The van der Waals surface area contributed by atoms with Gasteiger partial charge >= 0.3 is 0 Å². The third-order valence-corrected chi connectivity index (χ3v) is 5.74. The number of nitro benzene ring substituents is 1. The molecule has 1 aliphatic rings. The van der Waals surface area contributed by atoms with Gasteiger partial charge in [0, 0.05) is 29.0 Å². The van der Waals surface area contributed by atoms with Crippen LogP contribution in [0.15, 0.2) is 79.0 Å². The summed E-state index contributed by atoms with van der Waals surface area (Å²) in [6.07, 6.45) is 4.82. The van der Waals surface area contributed by atoms with Crippen molar-refractivity contribution in [2.45, 2.75) is 0 Å². The highest BCUT2D eigenvalue weighted by atomic mass is 35.5. The second-order valence-electron chi connectivity index (χ2n) is 7.69. The summed E-state index contributed by atoms with van der Waals surface area (Å²) in [5.74, 6) is 0.895. The van der Waals surface area contributed by atoms with Crippen LogP contribution in [0.2, 0.25) is 5.02 Å². The molecule has 174 valence electrons. The number of nitrogens with zero attached hydrogens (tertiary/aromatic N) is 3. The molecule has 0 atom stereocenters. The number of fused-ring (bicyclic) bond motifs is 1. The van der Waals surface area contributed by atoms with Gasteiger partial charge in [-0.15, -0.1) is 0 Å². The number of halogens is 1. The Kier molecular flexibility index (Phi) is 6.03. The van der Waals surface area contributed by atoms with Crippen molar-refractivity contribution in [1.29, 1.82) is 0 Å². The molecular formula is C26H18ClN3O5. The van der Waals surface area contributed by atoms with E-state index in [2.05, 4.69) is 0 Å². The van der Waals surface area contributed by atoms with Gasteiger partial charge in [0.2, 0.25) is 0 Å². The van der Waals surface area contributed by atoms with Crippen LogP contribution in [0.5, 0.6) is 11.5 Å². The minimum atomic E-state index is -0.618. The van der Waals surface area contributed by atoms with E-state index in [1.807, 2.05) is 54.7 Å². The van der Waals surface area contributed by atoms with E-state index >= 15 is 0 Å². The number of aromatic nitrogens is 2. The first-order valence-corrected chi connectivity index (χ1v) is 11.1. The smallest absolute Gasteiger partial charge is 0.288 e. The summed E-state index contributed by atoms with van der Waals surface area (Å²) >= 11 is 5.87. The maximum atomic E-state index is 12.8. The quantitative estimate of drug-likeness (QED) is 0.148. The van der Waals surface area contributed by atoms with Crippen LogP contribution in [0, 0.1) is 10.1 Å². The lowest BCUT2D eigenvalue weighted by Gasteiger charge is -2.18. The molecule has 1 aliphatic heterocycles. The Labute approximate surface area is 205 Å². The number of ether oxygens (including phenoxy) is 2. The van der Waals surface area contributed by atoms with Gasteiger partial charge in [-0.05, 0) is 54.6 Å². The van der Waals surface area contributed by atoms with Gasteiger partial charge in [0.25, 0.3) is 5.69 Å². The van der Waals surface area contributed by atoms with Crippen LogP contribution in [0.25, 0.3) is 23.0 Å². The average molecular weight is 488 g/mol. The molecule has 0 aliphatic carbocycles. The van der Waals surface area contributed by atoms with Crippen molar-refractivity contribution >= 4 is 29.1 Å². The van der Waals surface area contributed by atoms with Crippen LogP contribution in [-0.4, -0.2) is 33.7 Å². The molecule has 3 aromatic carbocycles. The van der Waals surface area contributed by atoms with E-state index in [4.69, 9.17) is 26.2 Å². The van der Waals surface area contributed by atoms with E-state index in [-0.39, 0.29) is 16.3 Å². The van der Waals surface area contributed by atoms with Crippen molar-refractivity contribution in [2.75, 3.05) is 13.2 Å². The van der Waals surface area contributed by atoms with E-state index < -0.39 is 10.7 Å². The first-order valence-electron chi connectivity index (χ1n) is 10.7. The van der Waals surface area contributed by atoms with Crippen molar-refractivity contribution in [3.05, 3.63) is 105 Å². The van der Waals surface area contributed by atoms with Crippen molar-refractivity contribution in [2.24, 2.45) is 0 Å². The number of rotatable bonds is 6. The number of benzene rings is 3. The maximum absolute atomic E-state index is 12.8. The molecule has 0 spiro atoms. The van der Waals surface area contributed by atoms with Crippen LogP contribution in [0.3, 0.4) is 0 Å². The van der Waals surface area contributed by atoms with Crippen LogP contribution in [-0.2, 0) is 0 Å². The summed E-state index contributed by atoms with van der Waals surface area (Å²) in [6.45, 7) is 0.956. The molecule has 4 aromatic rings. The molecule has 2 heterocycles. The van der Waals surface area contributed by atoms with Gasteiger partial charge in [-0.25, -0.2) is 4.68 Å². The topological polar surface area (TPSA) is 96.5 Å². The molecule has 9 heteroatoms. The van der Waals surface area contributed by atoms with Gasteiger partial charge in [0.1, 0.15) is 23.9 Å². The van der Waals surface area contributed by atoms with Crippen molar-refractivity contribution in [3.8, 4) is 28.4 Å². The zero-order chi connectivity index (χ0) is 24.4. The molecular weight excluding hydrogens is 470 g/mol. The zero-order valence-corrected chi connectivity index (χ0v) is 19.0. The third-order valence-electron chi connectivity index (χ3n) is 5.42. The van der Waals surface area contributed by atoms with Gasteiger partial charge in [-0.1, -0.05) is 29.8 Å². The molecule has 5 rings (SSSR count). The highest BCUT2D eigenvalue weighted by Gasteiger charge is 2.18. The Bertz CT molecular complexity index is 1460. The number of ketones is 1. The Morgan fingerprint density at radius 2 is 1.80 bits per heavy atom. The van der Waals surface area contributed by atoms with Gasteiger partial charge in [0.05, 0.1) is 10.6 Å². The summed E-state index contributed by atoms with van der Waals surface area (Å²) in [5.41, 5.74) is 2.80. The molecule has 0 saturated heterocycles. The van der Waals surface area contributed by atoms with Crippen LogP contribution < -0.4 is 9.47 Å². The highest BCUT2D eigenvalue weighted by Crippen LogP contribution is 2.35. The second-order valence-corrected chi connectivity index (χ2v) is 8.10. The first-order chi connectivity index (χ1) is 17.0. The van der Waals surface area contributed by atoms with E-state index in [1.165, 1.54) is 24.3 Å². The lowest BCUT2D eigenvalue weighted by Crippen LogP contribution is -2.15. The Balaban J connectivity index is 1.53. The molecule has 0 N–H and O–H groups in total. The predicted octanol–water partition coefficient (Wildman–Crippen LogP) is 5.77. The third kappa shape index (κ3) is 4.64. The zero-order valence-electron chi connectivity index (χ0n) is 18.3. The number of carbonyl (C=O) groups is 1. The maximum Gasteiger partial charge on any atom is 0.288 e. The molecule has 0 radical (unpaired) electrons. The molecule has 0 unspecified atom stereocenters. The first kappa shape index (κ1) is 22.4. The normalized spacial score (nSPS) is 12.6. The number of para-hydroxylation sites is 1. The minimum Gasteiger partial charge on any atom is -0.486 e. The Morgan fingerprint density at radius 3 is 2.57 bits per heavy atom. The summed E-state index contributed by atoms with van der Waals surface area (Å²) in [6, 6.07) is 19.1. The SMILES string of the molecule is O=C(/C=C/c1cn(-c2ccccc2)nc1-c1ccc2c(c1)OCCO2)c1ccc(Cl)c([N+](=O)[O-])c1. The summed E-state index contributed by atoms with van der Waals surface area (Å²) in [7, 11) is 0. The summed E-state index contributed by atoms with van der Waals surface area (Å²) in [5, 5.41) is 15.9. The second kappa shape index (κ2) is 9.44. The molecule has 0 amide bonds. The predicted molar refractivity (Wildman–Crippen MR) is 131 cm³/mol. The van der Waals surface area contributed by atoms with Crippen molar-refractivity contribution in [1.82, 2.24) is 9.78 Å². The minimum absolute atomic E-state index is 0.0273. The number of hydrogen-bond donors (Lipinski definition) is 0. The number of nitro groups is 1. The molecule has 0 saturated carbocycles. The van der Waals surface area contributed by atoms with E-state index in [9.17, 15) is 14.9 Å². The van der Waals surface area contributed by atoms with E-state index in [0.29, 0.717) is 36.0 Å². The van der Waals surface area contributed by atoms with Gasteiger partial charge in [0.15, 0.2) is 17.3 Å². The lowest BCUT2D eigenvalue weighted by molar-refractivity contribution is -0.384. The van der Waals surface area contributed by atoms with Gasteiger partial charge in [-0.2, -0.15) is 5.10 Å². The van der Waals surface area contributed by atoms with Crippen LogP contribution in [0.1, 0.15) is 15.9 Å².